The van der Waals surface area contributed by atoms with Crippen molar-refractivity contribution in [2.24, 2.45) is 0 Å². The van der Waals surface area contributed by atoms with Gasteiger partial charge in [0.05, 0.1) is 24.3 Å². The summed E-state index contributed by atoms with van der Waals surface area (Å²) in [6.45, 7) is 3.55. The van der Waals surface area contributed by atoms with E-state index in [0.717, 1.165) is 0 Å². The van der Waals surface area contributed by atoms with Gasteiger partial charge in [-0.05, 0) is 13.8 Å². The highest BCUT2D eigenvalue weighted by molar-refractivity contribution is 7.92. The molecule has 0 atom stereocenters. The first-order valence-corrected chi connectivity index (χ1v) is 6.95. The van der Waals surface area contributed by atoms with Crippen LogP contribution < -0.4 is 10.1 Å². The molecule has 0 saturated carbocycles. The maximum Gasteiger partial charge on any atom is 0.222 e. The van der Waals surface area contributed by atoms with Gasteiger partial charge in [-0.2, -0.15) is 0 Å². The Morgan fingerprint density at radius 2 is 1.88 bits per heavy atom. The van der Waals surface area contributed by atoms with Crippen molar-refractivity contribution in [2.75, 3.05) is 25.2 Å². The Hall–Kier alpha value is -1.37. The maximum atomic E-state index is 11.5. The molecule has 0 unspecified atom stereocenters. The van der Waals surface area contributed by atoms with Gasteiger partial charge in [0.2, 0.25) is 5.95 Å². The molecule has 7 heteroatoms. The minimum Gasteiger partial charge on any atom is -0.494 e. The van der Waals surface area contributed by atoms with E-state index in [2.05, 4.69) is 15.3 Å². The number of ether oxygens (including phenoxy) is 1. The molecule has 1 aromatic heterocycles. The molecule has 0 aliphatic carbocycles. The van der Waals surface area contributed by atoms with Gasteiger partial charge in [0.15, 0.2) is 15.6 Å². The molecule has 0 amide bonds. The molecular weight excluding hydrogens is 242 g/mol. The van der Waals surface area contributed by atoms with Crippen molar-refractivity contribution in [3.63, 3.8) is 0 Å². The van der Waals surface area contributed by atoms with Gasteiger partial charge in [-0.25, -0.2) is 18.4 Å². The van der Waals surface area contributed by atoms with Crippen LogP contribution >= 0.6 is 0 Å². The summed E-state index contributed by atoms with van der Waals surface area (Å²) in [5.74, 6) is 0.931. The third kappa shape index (κ3) is 3.55. The van der Waals surface area contributed by atoms with Crippen LogP contribution in [0.1, 0.15) is 13.8 Å². The Morgan fingerprint density at radius 3 is 2.29 bits per heavy atom. The zero-order valence-electron chi connectivity index (χ0n) is 10.4. The van der Waals surface area contributed by atoms with Gasteiger partial charge in [-0.1, -0.05) is 0 Å². The van der Waals surface area contributed by atoms with E-state index in [0.29, 0.717) is 11.7 Å². The SMILES string of the molecule is COc1cnc(NCC(C)(C)S(C)(=O)=O)nc1. The Labute approximate surface area is 101 Å². The lowest BCUT2D eigenvalue weighted by molar-refractivity contribution is 0.411. The summed E-state index contributed by atoms with van der Waals surface area (Å²) in [5.41, 5.74) is 0. The summed E-state index contributed by atoms with van der Waals surface area (Å²) in [6.07, 6.45) is 4.25. The van der Waals surface area contributed by atoms with Crippen LogP contribution in [0.2, 0.25) is 0 Å². The number of hydrogen-bond donors (Lipinski definition) is 1. The van der Waals surface area contributed by atoms with Gasteiger partial charge in [0.1, 0.15) is 0 Å². The van der Waals surface area contributed by atoms with Crippen LogP contribution in [0, 0.1) is 0 Å². The third-order valence-electron chi connectivity index (χ3n) is 2.54. The summed E-state index contributed by atoms with van der Waals surface area (Å²) in [7, 11) is -1.60. The van der Waals surface area contributed by atoms with E-state index < -0.39 is 14.6 Å². The minimum atomic E-state index is -3.13. The highest BCUT2D eigenvalue weighted by atomic mass is 32.2. The first-order chi connectivity index (χ1) is 7.76. The van der Waals surface area contributed by atoms with Crippen molar-refractivity contribution in [3.05, 3.63) is 12.4 Å². The molecule has 0 fully saturated rings. The van der Waals surface area contributed by atoms with E-state index in [4.69, 9.17) is 4.74 Å². The van der Waals surface area contributed by atoms with E-state index >= 15 is 0 Å². The average molecular weight is 259 g/mol. The van der Waals surface area contributed by atoms with Gasteiger partial charge < -0.3 is 10.1 Å². The zero-order valence-corrected chi connectivity index (χ0v) is 11.2. The van der Waals surface area contributed by atoms with Gasteiger partial charge in [-0.3, -0.25) is 0 Å². The second-order valence-electron chi connectivity index (χ2n) is 4.33. The maximum absolute atomic E-state index is 11.5. The Kier molecular flexibility index (Phi) is 3.92. The van der Waals surface area contributed by atoms with Crippen LogP contribution in [0.3, 0.4) is 0 Å². The predicted octanol–water partition coefficient (Wildman–Crippen LogP) is 0.720. The number of anilines is 1. The zero-order chi connectivity index (χ0) is 13.1. The van der Waals surface area contributed by atoms with Crippen LogP contribution in [0.5, 0.6) is 5.75 Å². The normalized spacial score (nSPS) is 12.2. The van der Waals surface area contributed by atoms with Crippen molar-refractivity contribution in [1.29, 1.82) is 0 Å². The van der Waals surface area contributed by atoms with Gasteiger partial charge in [0.25, 0.3) is 0 Å². The topological polar surface area (TPSA) is 81.2 Å². The number of rotatable bonds is 5. The van der Waals surface area contributed by atoms with Gasteiger partial charge >= 0.3 is 0 Å². The van der Waals surface area contributed by atoms with E-state index in [1.165, 1.54) is 25.8 Å². The molecule has 17 heavy (non-hydrogen) atoms. The number of methoxy groups -OCH3 is 1. The van der Waals surface area contributed by atoms with Crippen LogP contribution in [0.15, 0.2) is 12.4 Å². The fraction of sp³-hybridized carbons (Fsp3) is 0.600. The molecule has 0 radical (unpaired) electrons. The number of sulfone groups is 1. The van der Waals surface area contributed by atoms with Crippen molar-refractivity contribution in [2.45, 2.75) is 18.6 Å². The highest BCUT2D eigenvalue weighted by Crippen LogP contribution is 2.15. The molecule has 1 rings (SSSR count). The number of nitrogens with one attached hydrogen (secondary N) is 1. The smallest absolute Gasteiger partial charge is 0.222 e. The molecule has 0 spiro atoms. The Bertz CT molecular complexity index is 468. The van der Waals surface area contributed by atoms with Crippen LogP contribution in [-0.4, -0.2) is 43.0 Å². The summed E-state index contributed by atoms with van der Waals surface area (Å²) in [6, 6.07) is 0. The first-order valence-electron chi connectivity index (χ1n) is 5.06. The van der Waals surface area contributed by atoms with Crippen LogP contribution in [-0.2, 0) is 9.84 Å². The third-order valence-corrected chi connectivity index (χ3v) is 4.69. The molecule has 6 nitrogen and oxygen atoms in total. The summed E-state index contributed by atoms with van der Waals surface area (Å²) >= 11 is 0. The van der Waals surface area contributed by atoms with Crippen molar-refractivity contribution in [3.8, 4) is 5.75 Å². The lowest BCUT2D eigenvalue weighted by atomic mass is 10.2. The predicted molar refractivity (Wildman–Crippen MR) is 66.0 cm³/mol. The largest absolute Gasteiger partial charge is 0.494 e. The monoisotopic (exact) mass is 259 g/mol. The van der Waals surface area contributed by atoms with Crippen molar-refractivity contribution < 1.29 is 13.2 Å². The van der Waals surface area contributed by atoms with Crippen LogP contribution in [0.4, 0.5) is 5.95 Å². The Morgan fingerprint density at radius 1 is 1.35 bits per heavy atom. The molecule has 0 aromatic carbocycles. The summed E-state index contributed by atoms with van der Waals surface area (Å²) < 4.78 is 27.0. The molecule has 0 bridgehead atoms. The fourth-order valence-corrected chi connectivity index (χ4v) is 1.27. The fourth-order valence-electron chi connectivity index (χ4n) is 0.936. The minimum absolute atomic E-state index is 0.248. The quantitative estimate of drug-likeness (QED) is 0.839. The van der Waals surface area contributed by atoms with Crippen molar-refractivity contribution >= 4 is 15.8 Å². The standard InChI is InChI=1S/C10H17N3O3S/c1-10(2,17(4,14)15)7-13-9-11-5-8(16-3)6-12-9/h5-6H,7H2,1-4H3,(H,11,12,13). The van der Waals surface area contributed by atoms with Crippen molar-refractivity contribution in [1.82, 2.24) is 9.97 Å². The summed E-state index contributed by atoms with van der Waals surface area (Å²) in [4.78, 5) is 7.99. The molecular formula is C10H17N3O3S. The molecule has 0 saturated heterocycles. The number of hydrogen-bond acceptors (Lipinski definition) is 6. The number of aromatic nitrogens is 2. The average Bonchev–Trinajstić information content (AvgIpc) is 2.25. The van der Waals surface area contributed by atoms with Crippen LogP contribution in [0.25, 0.3) is 0 Å². The molecule has 1 N–H and O–H groups in total. The molecule has 1 heterocycles. The second kappa shape index (κ2) is 4.87. The van der Waals surface area contributed by atoms with E-state index in [-0.39, 0.29) is 6.54 Å². The van der Waals surface area contributed by atoms with Gasteiger partial charge in [-0.15, -0.1) is 0 Å². The first kappa shape index (κ1) is 13.7. The number of nitrogens with zero attached hydrogens (tertiary/aromatic N) is 2. The molecule has 0 aliphatic heterocycles. The van der Waals surface area contributed by atoms with E-state index in [9.17, 15) is 8.42 Å². The highest BCUT2D eigenvalue weighted by Gasteiger charge is 2.30. The van der Waals surface area contributed by atoms with Gasteiger partial charge in [0, 0.05) is 12.8 Å². The molecule has 0 aliphatic rings. The van der Waals surface area contributed by atoms with E-state index in [1.807, 2.05) is 0 Å². The molecule has 96 valence electrons. The lowest BCUT2D eigenvalue weighted by Crippen LogP contribution is -2.38. The lowest BCUT2D eigenvalue weighted by Gasteiger charge is -2.22. The second-order valence-corrected chi connectivity index (χ2v) is 6.98. The van der Waals surface area contributed by atoms with E-state index in [1.54, 1.807) is 13.8 Å². The molecule has 1 aromatic rings. The Balaban J connectivity index is 2.67. The summed E-state index contributed by atoms with van der Waals surface area (Å²) in [5, 5.41) is 2.89.